The molecule has 0 bridgehead atoms. The van der Waals surface area contributed by atoms with Gasteiger partial charge in [0, 0.05) is 37.5 Å². The molecule has 2 aromatic rings. The Labute approximate surface area is 192 Å². The maximum Gasteiger partial charge on any atom is 0.407 e. The number of alkyl carbamates (subject to hydrolysis) is 1. The van der Waals surface area contributed by atoms with Gasteiger partial charge in [0.15, 0.2) is 0 Å². The largest absolute Gasteiger partial charge is 0.481 e. The summed E-state index contributed by atoms with van der Waals surface area (Å²) in [5.74, 6) is -1.43. The van der Waals surface area contributed by atoms with Crippen molar-refractivity contribution in [1.29, 1.82) is 0 Å². The molecule has 0 radical (unpaired) electrons. The number of carbonyl (C=O) groups is 3. The summed E-state index contributed by atoms with van der Waals surface area (Å²) in [6.07, 6.45) is 0.0350. The second kappa shape index (κ2) is 10.5. The lowest BCUT2D eigenvalue weighted by Gasteiger charge is -2.31. The van der Waals surface area contributed by atoms with E-state index in [9.17, 15) is 14.4 Å². The molecular formula is C25H28N2O6. The molecule has 8 heteroatoms. The van der Waals surface area contributed by atoms with Gasteiger partial charge in [-0.1, -0.05) is 48.5 Å². The molecule has 2 unspecified atom stereocenters. The molecule has 174 valence electrons. The number of carbonyl (C=O) groups excluding carboxylic acids is 2. The van der Waals surface area contributed by atoms with Crippen LogP contribution in [-0.2, 0) is 19.1 Å². The highest BCUT2D eigenvalue weighted by Crippen LogP contribution is 2.44. The minimum absolute atomic E-state index is 0.0221. The second-order valence-corrected chi connectivity index (χ2v) is 8.40. The quantitative estimate of drug-likeness (QED) is 0.568. The van der Waals surface area contributed by atoms with Crippen LogP contribution >= 0.6 is 0 Å². The van der Waals surface area contributed by atoms with E-state index in [1.54, 1.807) is 0 Å². The van der Waals surface area contributed by atoms with Gasteiger partial charge in [-0.25, -0.2) is 4.79 Å². The molecule has 0 aromatic heterocycles. The van der Waals surface area contributed by atoms with Crippen molar-refractivity contribution in [3.8, 4) is 11.1 Å². The standard InChI is InChI=1S/C25H28N2O6/c28-23(27-22-10-12-32-14-16(22)13-24(29)30)9-11-26-25(31)33-15-21-19-7-3-1-5-17(19)18-6-2-4-8-20(18)21/h1-8,16,21-22H,9-15H2,(H,26,31)(H,27,28)(H,29,30). The van der Waals surface area contributed by atoms with Gasteiger partial charge in [-0.3, -0.25) is 9.59 Å². The molecule has 2 aromatic carbocycles. The lowest BCUT2D eigenvalue weighted by atomic mass is 9.92. The van der Waals surface area contributed by atoms with Crippen LogP contribution in [0.15, 0.2) is 48.5 Å². The van der Waals surface area contributed by atoms with Crippen molar-refractivity contribution < 1.29 is 29.0 Å². The summed E-state index contributed by atoms with van der Waals surface area (Å²) in [4.78, 5) is 35.5. The van der Waals surface area contributed by atoms with Gasteiger partial charge < -0.3 is 25.2 Å². The first-order valence-electron chi connectivity index (χ1n) is 11.2. The number of rotatable bonds is 8. The monoisotopic (exact) mass is 452 g/mol. The second-order valence-electron chi connectivity index (χ2n) is 8.40. The minimum Gasteiger partial charge on any atom is -0.481 e. The first-order chi connectivity index (χ1) is 16.0. The highest BCUT2D eigenvalue weighted by atomic mass is 16.5. The molecule has 0 saturated carbocycles. The highest BCUT2D eigenvalue weighted by Gasteiger charge is 2.30. The number of carboxylic acids is 1. The molecule has 2 aliphatic rings. The summed E-state index contributed by atoms with van der Waals surface area (Å²) in [5.41, 5.74) is 4.60. The Hall–Kier alpha value is -3.39. The van der Waals surface area contributed by atoms with Crippen LogP contribution in [0.25, 0.3) is 11.1 Å². The fourth-order valence-electron chi connectivity index (χ4n) is 4.62. The number of fused-ring (bicyclic) bond motifs is 3. The summed E-state index contributed by atoms with van der Waals surface area (Å²) in [5, 5.41) is 14.5. The number of ether oxygens (including phenoxy) is 2. The van der Waals surface area contributed by atoms with E-state index in [2.05, 4.69) is 34.9 Å². The van der Waals surface area contributed by atoms with E-state index in [0.29, 0.717) is 19.6 Å². The van der Waals surface area contributed by atoms with Crippen LogP contribution < -0.4 is 10.6 Å². The van der Waals surface area contributed by atoms with E-state index in [1.807, 2.05) is 24.3 Å². The molecule has 33 heavy (non-hydrogen) atoms. The number of amides is 2. The number of benzene rings is 2. The van der Waals surface area contributed by atoms with Crippen molar-refractivity contribution in [3.63, 3.8) is 0 Å². The lowest BCUT2D eigenvalue weighted by molar-refractivity contribution is -0.140. The predicted molar refractivity (Wildman–Crippen MR) is 121 cm³/mol. The third kappa shape index (κ3) is 5.51. The molecule has 1 fully saturated rings. The van der Waals surface area contributed by atoms with Gasteiger partial charge in [-0.2, -0.15) is 0 Å². The van der Waals surface area contributed by atoms with E-state index < -0.39 is 12.1 Å². The van der Waals surface area contributed by atoms with Gasteiger partial charge in [-0.15, -0.1) is 0 Å². The van der Waals surface area contributed by atoms with Crippen LogP contribution in [0.4, 0.5) is 4.79 Å². The summed E-state index contributed by atoms with van der Waals surface area (Å²) in [7, 11) is 0. The molecular weight excluding hydrogens is 424 g/mol. The van der Waals surface area contributed by atoms with Crippen LogP contribution in [0, 0.1) is 5.92 Å². The molecule has 3 N–H and O–H groups in total. The maximum atomic E-state index is 12.3. The third-order valence-electron chi connectivity index (χ3n) is 6.22. The summed E-state index contributed by atoms with van der Waals surface area (Å²) < 4.78 is 10.8. The number of nitrogens with one attached hydrogen (secondary N) is 2. The van der Waals surface area contributed by atoms with Crippen LogP contribution in [0.2, 0.25) is 0 Å². The average Bonchev–Trinajstić information content (AvgIpc) is 3.12. The highest BCUT2D eigenvalue weighted by molar-refractivity contribution is 5.79. The zero-order chi connectivity index (χ0) is 23.2. The van der Waals surface area contributed by atoms with Gasteiger partial charge in [0.2, 0.25) is 5.91 Å². The van der Waals surface area contributed by atoms with Crippen molar-refractivity contribution >= 4 is 18.0 Å². The fraction of sp³-hybridized carbons (Fsp3) is 0.400. The molecule has 2 amide bonds. The van der Waals surface area contributed by atoms with E-state index in [0.717, 1.165) is 22.3 Å². The Morgan fingerprint density at radius 2 is 1.70 bits per heavy atom. The van der Waals surface area contributed by atoms with Crippen LogP contribution in [0.1, 0.15) is 36.3 Å². The summed E-state index contributed by atoms with van der Waals surface area (Å²) in [6, 6.07) is 16.0. The number of carboxylic acid groups (broad SMARTS) is 1. The number of hydrogen-bond acceptors (Lipinski definition) is 5. The number of aliphatic carboxylic acids is 1. The maximum absolute atomic E-state index is 12.3. The van der Waals surface area contributed by atoms with E-state index in [4.69, 9.17) is 14.6 Å². The SMILES string of the molecule is O=C(O)CC1COCCC1NC(=O)CCNC(=O)OCC1c2ccccc2-c2ccccc21. The van der Waals surface area contributed by atoms with Gasteiger partial charge in [0.1, 0.15) is 6.61 Å². The topological polar surface area (TPSA) is 114 Å². The van der Waals surface area contributed by atoms with Crippen molar-refractivity contribution in [2.45, 2.75) is 31.2 Å². The predicted octanol–water partition coefficient (Wildman–Crippen LogP) is 2.91. The normalized spacial score (nSPS) is 19.3. The Morgan fingerprint density at radius 1 is 1.03 bits per heavy atom. The molecule has 0 spiro atoms. The summed E-state index contributed by atoms with van der Waals surface area (Å²) >= 11 is 0. The van der Waals surface area contributed by atoms with E-state index >= 15 is 0 Å². The van der Waals surface area contributed by atoms with Crippen molar-refractivity contribution in [2.75, 3.05) is 26.4 Å². The van der Waals surface area contributed by atoms with Crippen LogP contribution in [-0.4, -0.2) is 55.5 Å². The molecule has 8 nitrogen and oxygen atoms in total. The Balaban J connectivity index is 1.23. The molecule has 1 aliphatic heterocycles. The Morgan fingerprint density at radius 3 is 2.36 bits per heavy atom. The minimum atomic E-state index is -0.915. The van der Waals surface area contributed by atoms with E-state index in [-0.39, 0.29) is 49.8 Å². The first-order valence-corrected chi connectivity index (χ1v) is 11.2. The lowest BCUT2D eigenvalue weighted by Crippen LogP contribution is -2.46. The summed E-state index contributed by atoms with van der Waals surface area (Å²) in [6.45, 7) is 1.15. The van der Waals surface area contributed by atoms with Crippen LogP contribution in [0.3, 0.4) is 0 Å². The van der Waals surface area contributed by atoms with Gasteiger partial charge in [0.25, 0.3) is 0 Å². The van der Waals surface area contributed by atoms with Crippen molar-refractivity contribution in [3.05, 3.63) is 59.7 Å². The number of hydrogen-bond donors (Lipinski definition) is 3. The molecule has 4 rings (SSSR count). The van der Waals surface area contributed by atoms with Gasteiger partial charge >= 0.3 is 12.1 Å². The van der Waals surface area contributed by atoms with Gasteiger partial charge in [-0.05, 0) is 28.7 Å². The van der Waals surface area contributed by atoms with Crippen molar-refractivity contribution in [2.24, 2.45) is 5.92 Å². The Kier molecular flexibility index (Phi) is 7.24. The molecule has 1 heterocycles. The smallest absolute Gasteiger partial charge is 0.407 e. The fourth-order valence-corrected chi connectivity index (χ4v) is 4.62. The third-order valence-corrected chi connectivity index (χ3v) is 6.22. The van der Waals surface area contributed by atoms with Crippen LogP contribution in [0.5, 0.6) is 0 Å². The molecule has 1 aliphatic carbocycles. The molecule has 2 atom stereocenters. The first kappa shape index (κ1) is 22.8. The molecule has 1 saturated heterocycles. The van der Waals surface area contributed by atoms with Crippen molar-refractivity contribution in [1.82, 2.24) is 10.6 Å². The zero-order valence-electron chi connectivity index (χ0n) is 18.3. The van der Waals surface area contributed by atoms with Gasteiger partial charge in [0.05, 0.1) is 13.0 Å². The Bertz CT molecular complexity index is 978. The van der Waals surface area contributed by atoms with E-state index in [1.165, 1.54) is 0 Å². The average molecular weight is 453 g/mol. The zero-order valence-corrected chi connectivity index (χ0v) is 18.3.